The zero-order valence-corrected chi connectivity index (χ0v) is 16.0. The number of nitrogens with one attached hydrogen (secondary N) is 1. The minimum atomic E-state index is -0.0613. The Morgan fingerprint density at radius 1 is 1.21 bits per heavy atom. The normalized spacial score (nSPS) is 19.7. The third-order valence-corrected chi connectivity index (χ3v) is 5.30. The van der Waals surface area contributed by atoms with Crippen molar-refractivity contribution in [2.24, 2.45) is 11.0 Å². The van der Waals surface area contributed by atoms with Crippen LogP contribution in [0.15, 0.2) is 47.6 Å². The van der Waals surface area contributed by atoms with Crippen molar-refractivity contribution in [2.75, 3.05) is 42.0 Å². The van der Waals surface area contributed by atoms with Crippen LogP contribution in [0.3, 0.4) is 0 Å². The van der Waals surface area contributed by atoms with E-state index in [-0.39, 0.29) is 24.9 Å². The molecule has 0 saturated carbocycles. The number of para-hydroxylation sites is 1. The molecule has 4 rings (SSSR count). The number of nitrogens with zero attached hydrogens (tertiary/aromatic N) is 4. The second-order valence-electron chi connectivity index (χ2n) is 7.22. The summed E-state index contributed by atoms with van der Waals surface area (Å²) >= 11 is 0. The summed E-state index contributed by atoms with van der Waals surface area (Å²) in [5.41, 5.74) is 2.97. The number of hydrogen-bond donors (Lipinski definition) is 2. The van der Waals surface area contributed by atoms with E-state index in [0.717, 1.165) is 43.1 Å². The van der Waals surface area contributed by atoms with E-state index in [2.05, 4.69) is 15.3 Å². The van der Waals surface area contributed by atoms with E-state index in [1.807, 2.05) is 49.5 Å². The summed E-state index contributed by atoms with van der Waals surface area (Å²) in [5.74, 6) is 1.08. The van der Waals surface area contributed by atoms with Crippen molar-refractivity contribution in [3.8, 4) is 0 Å². The fraction of sp³-hybridized carbons (Fsp3) is 0.381. The van der Waals surface area contributed by atoms with E-state index < -0.39 is 0 Å². The number of aliphatic hydroxyl groups excluding tert-OH is 1. The summed E-state index contributed by atoms with van der Waals surface area (Å²) in [6.07, 6.45) is 2.30. The molecule has 3 heterocycles. The molecule has 1 aromatic heterocycles. The van der Waals surface area contributed by atoms with Crippen LogP contribution in [-0.2, 0) is 4.79 Å². The molecule has 0 spiro atoms. The number of pyridine rings is 1. The van der Waals surface area contributed by atoms with Gasteiger partial charge >= 0.3 is 0 Å². The van der Waals surface area contributed by atoms with Crippen LogP contribution in [0.2, 0.25) is 0 Å². The number of hydrogen-bond acceptors (Lipinski definition) is 6. The highest BCUT2D eigenvalue weighted by atomic mass is 16.3. The Morgan fingerprint density at radius 3 is 2.79 bits per heavy atom. The molecule has 0 radical (unpaired) electrons. The molecule has 7 heteroatoms. The topological polar surface area (TPSA) is 81.1 Å². The van der Waals surface area contributed by atoms with Crippen molar-refractivity contribution in [1.29, 1.82) is 0 Å². The van der Waals surface area contributed by atoms with E-state index in [9.17, 15) is 9.90 Å². The highest BCUT2D eigenvalue weighted by Crippen LogP contribution is 2.28. The summed E-state index contributed by atoms with van der Waals surface area (Å²) in [5, 5.41) is 18.7. The Kier molecular flexibility index (Phi) is 5.25. The van der Waals surface area contributed by atoms with Gasteiger partial charge in [0, 0.05) is 26.7 Å². The molecular weight excluding hydrogens is 354 g/mol. The summed E-state index contributed by atoms with van der Waals surface area (Å²) in [4.78, 5) is 19.6. The fourth-order valence-electron chi connectivity index (χ4n) is 3.80. The lowest BCUT2D eigenvalue weighted by Gasteiger charge is -2.33. The molecule has 28 heavy (non-hydrogen) atoms. The van der Waals surface area contributed by atoms with Gasteiger partial charge in [0.2, 0.25) is 0 Å². The molecule has 2 aromatic rings. The predicted octanol–water partition coefficient (Wildman–Crippen LogP) is 2.47. The molecule has 0 bridgehead atoms. The number of amides is 1. The van der Waals surface area contributed by atoms with Crippen LogP contribution < -0.4 is 15.2 Å². The average molecular weight is 379 g/mol. The van der Waals surface area contributed by atoms with Crippen LogP contribution >= 0.6 is 0 Å². The average Bonchev–Trinajstić information content (AvgIpc) is 3.15. The molecule has 1 atom stereocenters. The molecule has 146 valence electrons. The van der Waals surface area contributed by atoms with Gasteiger partial charge < -0.3 is 15.3 Å². The molecule has 1 saturated heterocycles. The highest BCUT2D eigenvalue weighted by molar-refractivity contribution is 6.20. The summed E-state index contributed by atoms with van der Waals surface area (Å²) in [7, 11) is 1.84. The highest BCUT2D eigenvalue weighted by Gasteiger charge is 2.29. The minimum Gasteiger partial charge on any atom is -0.396 e. The van der Waals surface area contributed by atoms with Gasteiger partial charge in [0.1, 0.15) is 11.5 Å². The lowest BCUT2D eigenvalue weighted by molar-refractivity contribution is -0.116. The van der Waals surface area contributed by atoms with Gasteiger partial charge in [0.15, 0.2) is 0 Å². The third-order valence-electron chi connectivity index (χ3n) is 5.30. The van der Waals surface area contributed by atoms with Crippen molar-refractivity contribution in [2.45, 2.75) is 19.3 Å². The van der Waals surface area contributed by atoms with Crippen LogP contribution in [0.25, 0.3) is 0 Å². The van der Waals surface area contributed by atoms with Crippen molar-refractivity contribution >= 4 is 28.8 Å². The number of piperidine rings is 1. The molecule has 1 amide bonds. The van der Waals surface area contributed by atoms with E-state index in [0.29, 0.717) is 11.4 Å². The SMILES string of the molecule is CNc1ccc(N2CCCC(CO)C2)nc1C1=NN(c2ccccc2)C(=O)C1. The quantitative estimate of drug-likeness (QED) is 0.834. The Hall–Kier alpha value is -2.93. The number of aromatic nitrogens is 1. The first-order chi connectivity index (χ1) is 13.7. The molecule has 0 aliphatic carbocycles. The molecule has 1 unspecified atom stereocenters. The lowest BCUT2D eigenvalue weighted by atomic mass is 9.99. The molecule has 2 aliphatic heterocycles. The second kappa shape index (κ2) is 7.98. The van der Waals surface area contributed by atoms with Crippen LogP contribution in [0, 0.1) is 5.92 Å². The maximum Gasteiger partial charge on any atom is 0.253 e. The van der Waals surface area contributed by atoms with Gasteiger partial charge in [0.25, 0.3) is 5.91 Å². The van der Waals surface area contributed by atoms with Crippen LogP contribution in [0.5, 0.6) is 0 Å². The first kappa shape index (κ1) is 18.4. The van der Waals surface area contributed by atoms with Crippen molar-refractivity contribution in [3.05, 3.63) is 48.2 Å². The van der Waals surface area contributed by atoms with E-state index in [1.165, 1.54) is 5.01 Å². The minimum absolute atomic E-state index is 0.0613. The van der Waals surface area contributed by atoms with Gasteiger partial charge in [-0.15, -0.1) is 0 Å². The van der Waals surface area contributed by atoms with Crippen LogP contribution in [-0.4, -0.2) is 48.5 Å². The smallest absolute Gasteiger partial charge is 0.253 e. The summed E-state index contributed by atoms with van der Waals surface area (Å²) in [6.45, 7) is 1.91. The molecule has 2 N–H and O–H groups in total. The Balaban J connectivity index is 1.66. The standard InChI is InChI=1S/C21H25N5O2/c1-22-17-9-10-19(25-11-5-6-15(13-25)14-27)23-21(17)18-12-20(28)26(24-18)16-7-3-2-4-8-16/h2-4,7-10,15,22,27H,5-6,11-14H2,1H3. The van der Waals surface area contributed by atoms with E-state index in [4.69, 9.17) is 4.98 Å². The van der Waals surface area contributed by atoms with Crippen LogP contribution in [0.1, 0.15) is 25.0 Å². The van der Waals surface area contributed by atoms with E-state index in [1.54, 1.807) is 0 Å². The monoisotopic (exact) mass is 379 g/mol. The van der Waals surface area contributed by atoms with Gasteiger partial charge in [-0.1, -0.05) is 18.2 Å². The second-order valence-corrected chi connectivity index (χ2v) is 7.22. The zero-order chi connectivity index (χ0) is 19.5. The fourth-order valence-corrected chi connectivity index (χ4v) is 3.80. The maximum absolute atomic E-state index is 12.6. The molecular formula is C21H25N5O2. The number of carbonyl (C=O) groups is 1. The van der Waals surface area contributed by atoms with Gasteiger partial charge in [-0.05, 0) is 43.0 Å². The molecule has 1 aromatic carbocycles. The molecule has 7 nitrogen and oxygen atoms in total. The largest absolute Gasteiger partial charge is 0.396 e. The third kappa shape index (κ3) is 3.57. The van der Waals surface area contributed by atoms with Crippen molar-refractivity contribution < 1.29 is 9.90 Å². The van der Waals surface area contributed by atoms with E-state index >= 15 is 0 Å². The number of aliphatic hydroxyl groups is 1. The Labute approximate surface area is 164 Å². The first-order valence-corrected chi connectivity index (χ1v) is 9.70. The zero-order valence-electron chi connectivity index (χ0n) is 16.0. The van der Waals surface area contributed by atoms with Crippen molar-refractivity contribution in [1.82, 2.24) is 4.98 Å². The lowest BCUT2D eigenvalue weighted by Crippen LogP contribution is -2.37. The van der Waals surface area contributed by atoms with Gasteiger partial charge in [0.05, 0.1) is 23.5 Å². The van der Waals surface area contributed by atoms with Gasteiger partial charge in [-0.3, -0.25) is 4.79 Å². The Bertz CT molecular complexity index is 884. The van der Waals surface area contributed by atoms with Crippen molar-refractivity contribution in [3.63, 3.8) is 0 Å². The number of carbonyl (C=O) groups excluding carboxylic acids is 1. The number of hydrazone groups is 1. The first-order valence-electron chi connectivity index (χ1n) is 9.70. The molecule has 1 fully saturated rings. The number of anilines is 3. The summed E-state index contributed by atoms with van der Waals surface area (Å²) < 4.78 is 0. The van der Waals surface area contributed by atoms with Gasteiger partial charge in [-0.2, -0.15) is 5.10 Å². The number of rotatable bonds is 5. The molecule has 2 aliphatic rings. The maximum atomic E-state index is 12.6. The summed E-state index contributed by atoms with van der Waals surface area (Å²) in [6, 6.07) is 13.4. The number of benzene rings is 1. The van der Waals surface area contributed by atoms with Crippen LogP contribution in [0.4, 0.5) is 17.2 Å². The Morgan fingerprint density at radius 2 is 2.04 bits per heavy atom. The van der Waals surface area contributed by atoms with Gasteiger partial charge in [-0.25, -0.2) is 9.99 Å². The predicted molar refractivity (Wildman–Crippen MR) is 111 cm³/mol.